The maximum atomic E-state index is 12.5. The Hall–Kier alpha value is -3.31. The van der Waals surface area contributed by atoms with Gasteiger partial charge < -0.3 is 14.8 Å². The minimum absolute atomic E-state index is 0.0195. The number of rotatable bonds is 7. The number of H-pyrrole nitrogens is 1. The average molecular weight is 427 g/mol. The zero-order valence-electron chi connectivity index (χ0n) is 18.4. The van der Waals surface area contributed by atoms with E-state index in [-0.39, 0.29) is 11.7 Å². The van der Waals surface area contributed by atoms with Gasteiger partial charge in [0.15, 0.2) is 0 Å². The molecule has 1 aliphatic rings. The number of anilines is 2. The first-order chi connectivity index (χ1) is 15.8. The molecule has 0 radical (unpaired) electrons. The molecule has 1 saturated heterocycles. The number of piperidine rings is 1. The van der Waals surface area contributed by atoms with Crippen molar-refractivity contribution >= 4 is 22.4 Å². The first-order valence-electron chi connectivity index (χ1n) is 11.6. The van der Waals surface area contributed by atoms with Crippen molar-refractivity contribution in [3.05, 3.63) is 95.4 Å². The molecule has 0 saturated carbocycles. The molecule has 3 aromatic carbocycles. The summed E-state index contributed by atoms with van der Waals surface area (Å²) in [6, 6.07) is 29.5. The maximum Gasteiger partial charge on any atom is 0.326 e. The van der Waals surface area contributed by atoms with E-state index in [1.54, 1.807) is 0 Å². The number of imidazole rings is 1. The average Bonchev–Trinajstić information content (AvgIpc) is 3.19. The molecule has 32 heavy (non-hydrogen) atoms. The van der Waals surface area contributed by atoms with E-state index < -0.39 is 0 Å². The smallest absolute Gasteiger partial charge is 0.326 e. The standard InChI is InChI=1S/C27H30N4O/c32-27-28-25-14-7-8-15-26(25)31(27)24-16-20-29(21-17-24)18-9-19-30(22-10-3-1-4-11-22)23-12-5-2-6-13-23/h1-8,10-15,24H,9,16-21H2,(H,28,32). The van der Waals surface area contributed by atoms with Crippen LogP contribution in [-0.2, 0) is 0 Å². The lowest BCUT2D eigenvalue weighted by Gasteiger charge is -2.33. The van der Waals surface area contributed by atoms with E-state index in [0.29, 0.717) is 0 Å². The van der Waals surface area contributed by atoms with Crippen LogP contribution in [0.1, 0.15) is 25.3 Å². The Morgan fingerprint density at radius 2 is 1.41 bits per heavy atom. The summed E-state index contributed by atoms with van der Waals surface area (Å²) in [5, 5.41) is 0. The molecular formula is C27H30N4O. The van der Waals surface area contributed by atoms with Crippen LogP contribution in [0.25, 0.3) is 11.0 Å². The zero-order valence-corrected chi connectivity index (χ0v) is 18.4. The van der Waals surface area contributed by atoms with Gasteiger partial charge in [-0.15, -0.1) is 0 Å². The molecule has 5 heteroatoms. The van der Waals surface area contributed by atoms with Crippen molar-refractivity contribution in [3.8, 4) is 0 Å². The second kappa shape index (κ2) is 9.45. The summed E-state index contributed by atoms with van der Waals surface area (Å²) < 4.78 is 1.97. The summed E-state index contributed by atoms with van der Waals surface area (Å²) in [6.45, 7) is 4.13. The monoisotopic (exact) mass is 426 g/mol. The highest BCUT2D eigenvalue weighted by atomic mass is 16.1. The summed E-state index contributed by atoms with van der Waals surface area (Å²) in [5.74, 6) is 0. The van der Waals surface area contributed by atoms with Crippen molar-refractivity contribution in [1.29, 1.82) is 0 Å². The van der Waals surface area contributed by atoms with Gasteiger partial charge in [0, 0.05) is 37.1 Å². The molecule has 1 aliphatic heterocycles. The highest BCUT2D eigenvalue weighted by Crippen LogP contribution is 2.27. The summed E-state index contributed by atoms with van der Waals surface area (Å²) in [7, 11) is 0. The first kappa shape index (κ1) is 20.6. The highest BCUT2D eigenvalue weighted by molar-refractivity contribution is 5.75. The Balaban J connectivity index is 1.19. The van der Waals surface area contributed by atoms with Crippen molar-refractivity contribution < 1.29 is 0 Å². The molecule has 0 unspecified atom stereocenters. The van der Waals surface area contributed by atoms with Gasteiger partial charge in [-0.25, -0.2) is 4.79 Å². The zero-order chi connectivity index (χ0) is 21.8. The van der Waals surface area contributed by atoms with Crippen LogP contribution in [0.4, 0.5) is 11.4 Å². The van der Waals surface area contributed by atoms with Crippen molar-refractivity contribution in [2.24, 2.45) is 0 Å². The number of fused-ring (bicyclic) bond motifs is 1. The van der Waals surface area contributed by atoms with Gasteiger partial charge in [-0.1, -0.05) is 48.5 Å². The van der Waals surface area contributed by atoms with Gasteiger partial charge in [0.25, 0.3) is 0 Å². The largest absolute Gasteiger partial charge is 0.341 e. The highest BCUT2D eigenvalue weighted by Gasteiger charge is 2.23. The topological polar surface area (TPSA) is 44.3 Å². The number of nitrogens with one attached hydrogen (secondary N) is 1. The number of benzene rings is 3. The molecule has 0 amide bonds. The van der Waals surface area contributed by atoms with Crippen LogP contribution in [0.15, 0.2) is 89.7 Å². The van der Waals surface area contributed by atoms with E-state index in [1.807, 2.05) is 28.8 Å². The third kappa shape index (κ3) is 4.34. The van der Waals surface area contributed by atoms with Crippen molar-refractivity contribution in [3.63, 3.8) is 0 Å². The summed E-state index contributed by atoms with van der Waals surface area (Å²) in [6.07, 6.45) is 3.13. The van der Waals surface area contributed by atoms with Crippen LogP contribution < -0.4 is 10.6 Å². The Labute approximate surface area is 188 Å². The SMILES string of the molecule is O=c1[nH]c2ccccc2n1C1CCN(CCCN(c2ccccc2)c2ccccc2)CC1. The molecule has 2 heterocycles. The molecule has 0 aliphatic carbocycles. The molecule has 164 valence electrons. The van der Waals surface area contributed by atoms with Crippen molar-refractivity contribution in [2.45, 2.75) is 25.3 Å². The maximum absolute atomic E-state index is 12.5. The van der Waals surface area contributed by atoms with Gasteiger partial charge in [0.2, 0.25) is 0 Å². The van der Waals surface area contributed by atoms with E-state index in [1.165, 1.54) is 11.4 Å². The van der Waals surface area contributed by atoms with Crippen LogP contribution >= 0.6 is 0 Å². The van der Waals surface area contributed by atoms with Crippen LogP contribution in [0.3, 0.4) is 0 Å². The van der Waals surface area contributed by atoms with Gasteiger partial charge in [-0.3, -0.25) is 4.57 Å². The lowest BCUT2D eigenvalue weighted by Crippen LogP contribution is -2.38. The molecule has 5 rings (SSSR count). The third-order valence-electron chi connectivity index (χ3n) is 6.54. The normalized spacial score (nSPS) is 15.2. The Kier molecular flexibility index (Phi) is 6.08. The molecule has 0 spiro atoms. The quantitative estimate of drug-likeness (QED) is 0.442. The van der Waals surface area contributed by atoms with E-state index in [4.69, 9.17) is 0 Å². The van der Waals surface area contributed by atoms with E-state index in [2.05, 4.69) is 75.4 Å². The Morgan fingerprint density at radius 1 is 0.812 bits per heavy atom. The first-order valence-corrected chi connectivity index (χ1v) is 11.6. The van der Waals surface area contributed by atoms with Gasteiger partial charge in [0.1, 0.15) is 0 Å². The van der Waals surface area contributed by atoms with Crippen LogP contribution in [0.5, 0.6) is 0 Å². The number of likely N-dealkylation sites (tertiary alicyclic amines) is 1. The number of hydrogen-bond donors (Lipinski definition) is 1. The second-order valence-corrected chi connectivity index (χ2v) is 8.57. The predicted octanol–water partition coefficient (Wildman–Crippen LogP) is 5.19. The lowest BCUT2D eigenvalue weighted by molar-refractivity contribution is 0.186. The molecular weight excluding hydrogens is 396 g/mol. The Bertz CT molecular complexity index is 1150. The summed E-state index contributed by atoms with van der Waals surface area (Å²) in [5.41, 5.74) is 4.44. The summed E-state index contributed by atoms with van der Waals surface area (Å²) >= 11 is 0. The lowest BCUT2D eigenvalue weighted by atomic mass is 10.0. The fraction of sp³-hybridized carbons (Fsp3) is 0.296. The van der Waals surface area contributed by atoms with Crippen LogP contribution in [-0.4, -0.2) is 40.6 Å². The predicted molar refractivity (Wildman–Crippen MR) is 132 cm³/mol. The van der Waals surface area contributed by atoms with Crippen molar-refractivity contribution in [2.75, 3.05) is 31.1 Å². The van der Waals surface area contributed by atoms with Gasteiger partial charge in [-0.05, 0) is 62.2 Å². The fourth-order valence-corrected chi connectivity index (χ4v) is 4.91. The molecule has 1 fully saturated rings. The van der Waals surface area contributed by atoms with E-state index in [9.17, 15) is 4.79 Å². The van der Waals surface area contributed by atoms with E-state index >= 15 is 0 Å². The summed E-state index contributed by atoms with van der Waals surface area (Å²) in [4.78, 5) is 20.5. The second-order valence-electron chi connectivity index (χ2n) is 8.57. The van der Waals surface area contributed by atoms with Gasteiger partial charge in [0.05, 0.1) is 11.0 Å². The van der Waals surface area contributed by atoms with E-state index in [0.717, 1.165) is 56.5 Å². The number of para-hydroxylation sites is 4. The van der Waals surface area contributed by atoms with Gasteiger partial charge in [-0.2, -0.15) is 0 Å². The number of aromatic amines is 1. The molecule has 5 nitrogen and oxygen atoms in total. The number of nitrogens with zero attached hydrogens (tertiary/aromatic N) is 3. The molecule has 0 bridgehead atoms. The molecule has 1 aromatic heterocycles. The molecule has 4 aromatic rings. The molecule has 1 N–H and O–H groups in total. The van der Waals surface area contributed by atoms with Gasteiger partial charge >= 0.3 is 5.69 Å². The van der Waals surface area contributed by atoms with Crippen LogP contribution in [0, 0.1) is 0 Å². The number of hydrogen-bond acceptors (Lipinski definition) is 3. The third-order valence-corrected chi connectivity index (χ3v) is 6.54. The Morgan fingerprint density at radius 3 is 2.06 bits per heavy atom. The van der Waals surface area contributed by atoms with Crippen LogP contribution in [0.2, 0.25) is 0 Å². The fourth-order valence-electron chi connectivity index (χ4n) is 4.91. The molecule has 0 atom stereocenters. The minimum Gasteiger partial charge on any atom is -0.341 e. The number of aromatic nitrogens is 2. The van der Waals surface area contributed by atoms with Crippen molar-refractivity contribution in [1.82, 2.24) is 14.5 Å². The minimum atomic E-state index is 0.0195.